The van der Waals surface area contributed by atoms with Gasteiger partial charge in [-0.25, -0.2) is 0 Å². The Morgan fingerprint density at radius 3 is 2.42 bits per heavy atom. The summed E-state index contributed by atoms with van der Waals surface area (Å²) in [5.41, 5.74) is 2.41. The van der Waals surface area contributed by atoms with Crippen LogP contribution in [0.5, 0.6) is 0 Å². The molecule has 2 amide bonds. The molecule has 24 heavy (non-hydrogen) atoms. The molecule has 0 saturated carbocycles. The standard InChI is InChI=1S/C19H28N2O3/c1-13(15-6-8-16(9-7-15)19(3,4)5)20-18(23)17-12-24-11-10-21(17)14(2)22/h6-9,13,17H,10-12H2,1-5H3,(H,20,23)/t13-,17-/m1/s1. The van der Waals surface area contributed by atoms with Crippen LogP contribution in [0.25, 0.3) is 0 Å². The second-order valence-corrected chi connectivity index (χ2v) is 7.41. The first-order chi connectivity index (χ1) is 11.2. The van der Waals surface area contributed by atoms with E-state index in [1.807, 2.05) is 19.1 Å². The van der Waals surface area contributed by atoms with E-state index in [2.05, 4.69) is 38.2 Å². The molecule has 1 aromatic carbocycles. The number of amides is 2. The number of morpholine rings is 1. The lowest BCUT2D eigenvalue weighted by molar-refractivity contribution is -0.147. The predicted octanol–water partition coefficient (Wildman–Crippen LogP) is 2.41. The lowest BCUT2D eigenvalue weighted by Crippen LogP contribution is -2.55. The SMILES string of the molecule is CC(=O)N1CCOC[C@@H]1C(=O)N[C@H](C)c1ccc(C(C)(C)C)cc1. The van der Waals surface area contributed by atoms with Gasteiger partial charge in [0.2, 0.25) is 11.8 Å². The number of nitrogens with one attached hydrogen (secondary N) is 1. The zero-order valence-corrected chi connectivity index (χ0v) is 15.3. The molecule has 5 heteroatoms. The molecule has 1 aromatic rings. The van der Waals surface area contributed by atoms with Gasteiger partial charge in [-0.2, -0.15) is 0 Å². The number of carbonyl (C=O) groups is 2. The molecule has 132 valence electrons. The lowest BCUT2D eigenvalue weighted by Gasteiger charge is -2.34. The van der Waals surface area contributed by atoms with Crippen LogP contribution >= 0.6 is 0 Å². The van der Waals surface area contributed by atoms with Crippen molar-refractivity contribution in [1.82, 2.24) is 10.2 Å². The molecule has 0 spiro atoms. The van der Waals surface area contributed by atoms with Crippen molar-refractivity contribution in [1.29, 1.82) is 0 Å². The molecule has 0 unspecified atom stereocenters. The molecular weight excluding hydrogens is 304 g/mol. The summed E-state index contributed by atoms with van der Waals surface area (Å²) in [7, 11) is 0. The van der Waals surface area contributed by atoms with E-state index in [0.29, 0.717) is 13.2 Å². The molecule has 1 heterocycles. The highest BCUT2D eigenvalue weighted by Crippen LogP contribution is 2.24. The van der Waals surface area contributed by atoms with Crippen LogP contribution < -0.4 is 5.32 Å². The van der Waals surface area contributed by atoms with Crippen molar-refractivity contribution in [3.8, 4) is 0 Å². The molecule has 1 aliphatic rings. The highest BCUT2D eigenvalue weighted by Gasteiger charge is 2.31. The normalized spacial score (nSPS) is 19.7. The van der Waals surface area contributed by atoms with Gasteiger partial charge in [0.25, 0.3) is 0 Å². The summed E-state index contributed by atoms with van der Waals surface area (Å²) >= 11 is 0. The first kappa shape index (κ1) is 18.5. The van der Waals surface area contributed by atoms with Crippen LogP contribution in [-0.2, 0) is 19.7 Å². The van der Waals surface area contributed by atoms with Crippen molar-refractivity contribution >= 4 is 11.8 Å². The van der Waals surface area contributed by atoms with Gasteiger partial charge in [-0.15, -0.1) is 0 Å². The molecule has 5 nitrogen and oxygen atoms in total. The molecule has 1 N–H and O–H groups in total. The highest BCUT2D eigenvalue weighted by atomic mass is 16.5. The summed E-state index contributed by atoms with van der Waals surface area (Å²) in [6.07, 6.45) is 0. The molecule has 1 fully saturated rings. The van der Waals surface area contributed by atoms with Crippen molar-refractivity contribution in [2.45, 2.75) is 52.1 Å². The van der Waals surface area contributed by atoms with Crippen LogP contribution in [0.15, 0.2) is 24.3 Å². The fourth-order valence-corrected chi connectivity index (χ4v) is 2.86. The third kappa shape index (κ3) is 4.35. The molecule has 2 atom stereocenters. The van der Waals surface area contributed by atoms with E-state index in [1.165, 1.54) is 12.5 Å². The minimum absolute atomic E-state index is 0.0966. The summed E-state index contributed by atoms with van der Waals surface area (Å²) in [6, 6.07) is 7.62. The van der Waals surface area contributed by atoms with Gasteiger partial charge in [0.05, 0.1) is 19.3 Å². The van der Waals surface area contributed by atoms with Gasteiger partial charge in [-0.3, -0.25) is 9.59 Å². The number of hydrogen-bond acceptors (Lipinski definition) is 3. The largest absolute Gasteiger partial charge is 0.377 e. The Morgan fingerprint density at radius 1 is 1.25 bits per heavy atom. The second kappa shape index (κ2) is 7.34. The van der Waals surface area contributed by atoms with Crippen molar-refractivity contribution in [3.05, 3.63) is 35.4 Å². The van der Waals surface area contributed by atoms with Crippen LogP contribution in [0.3, 0.4) is 0 Å². The number of carbonyl (C=O) groups excluding carboxylic acids is 2. The van der Waals surface area contributed by atoms with Crippen molar-refractivity contribution in [2.24, 2.45) is 0 Å². The van der Waals surface area contributed by atoms with Gasteiger partial charge in [-0.05, 0) is 23.5 Å². The average molecular weight is 332 g/mol. The molecule has 0 radical (unpaired) electrons. The van der Waals surface area contributed by atoms with E-state index >= 15 is 0 Å². The van der Waals surface area contributed by atoms with Gasteiger partial charge in [0.15, 0.2) is 0 Å². The molecule has 1 aliphatic heterocycles. The number of nitrogens with zero attached hydrogens (tertiary/aromatic N) is 1. The van der Waals surface area contributed by atoms with Crippen molar-refractivity contribution in [2.75, 3.05) is 19.8 Å². The molecular formula is C19H28N2O3. The molecule has 1 saturated heterocycles. The fourth-order valence-electron chi connectivity index (χ4n) is 2.86. The van der Waals surface area contributed by atoms with Crippen LogP contribution in [0.1, 0.15) is 51.8 Å². The number of hydrogen-bond donors (Lipinski definition) is 1. The van der Waals surface area contributed by atoms with Crippen molar-refractivity contribution < 1.29 is 14.3 Å². The lowest BCUT2D eigenvalue weighted by atomic mass is 9.86. The van der Waals surface area contributed by atoms with E-state index in [9.17, 15) is 9.59 Å². The number of ether oxygens (including phenoxy) is 1. The summed E-state index contributed by atoms with van der Waals surface area (Å²) < 4.78 is 5.37. The van der Waals surface area contributed by atoms with Crippen LogP contribution in [0.2, 0.25) is 0 Å². The van der Waals surface area contributed by atoms with Gasteiger partial charge >= 0.3 is 0 Å². The maximum atomic E-state index is 12.5. The Morgan fingerprint density at radius 2 is 1.88 bits per heavy atom. The smallest absolute Gasteiger partial charge is 0.245 e. The molecule has 0 aromatic heterocycles. The predicted molar refractivity (Wildman–Crippen MR) is 93.7 cm³/mol. The van der Waals surface area contributed by atoms with E-state index in [-0.39, 0.29) is 29.9 Å². The Balaban J connectivity index is 2.04. The van der Waals surface area contributed by atoms with Gasteiger partial charge in [0.1, 0.15) is 6.04 Å². The number of benzene rings is 1. The third-order valence-electron chi connectivity index (χ3n) is 4.47. The third-order valence-corrected chi connectivity index (χ3v) is 4.47. The first-order valence-corrected chi connectivity index (χ1v) is 8.46. The summed E-state index contributed by atoms with van der Waals surface area (Å²) in [4.78, 5) is 25.8. The van der Waals surface area contributed by atoms with Crippen LogP contribution in [0.4, 0.5) is 0 Å². The van der Waals surface area contributed by atoms with Crippen LogP contribution in [0, 0.1) is 0 Å². The average Bonchev–Trinajstić information content (AvgIpc) is 2.54. The van der Waals surface area contributed by atoms with E-state index in [1.54, 1.807) is 4.90 Å². The molecule has 2 rings (SSSR count). The first-order valence-electron chi connectivity index (χ1n) is 8.46. The Hall–Kier alpha value is -1.88. The summed E-state index contributed by atoms with van der Waals surface area (Å²) in [6.45, 7) is 11.1. The van der Waals surface area contributed by atoms with E-state index in [0.717, 1.165) is 5.56 Å². The maximum Gasteiger partial charge on any atom is 0.245 e. The summed E-state index contributed by atoms with van der Waals surface area (Å²) in [5.74, 6) is -0.266. The van der Waals surface area contributed by atoms with E-state index in [4.69, 9.17) is 4.74 Å². The zero-order chi connectivity index (χ0) is 17.9. The molecule has 0 bridgehead atoms. The summed E-state index contributed by atoms with van der Waals surface area (Å²) in [5, 5.41) is 3.00. The number of rotatable bonds is 3. The topological polar surface area (TPSA) is 58.6 Å². The minimum atomic E-state index is -0.549. The monoisotopic (exact) mass is 332 g/mol. The Labute approximate surface area is 144 Å². The van der Waals surface area contributed by atoms with Gasteiger partial charge in [-0.1, -0.05) is 45.0 Å². The second-order valence-electron chi connectivity index (χ2n) is 7.41. The Bertz CT molecular complexity index is 590. The zero-order valence-electron chi connectivity index (χ0n) is 15.3. The fraction of sp³-hybridized carbons (Fsp3) is 0.579. The van der Waals surface area contributed by atoms with Gasteiger partial charge in [0, 0.05) is 13.5 Å². The van der Waals surface area contributed by atoms with E-state index < -0.39 is 6.04 Å². The molecule has 0 aliphatic carbocycles. The highest BCUT2D eigenvalue weighted by molar-refractivity contribution is 5.87. The van der Waals surface area contributed by atoms with Crippen molar-refractivity contribution in [3.63, 3.8) is 0 Å². The quantitative estimate of drug-likeness (QED) is 0.925. The van der Waals surface area contributed by atoms with Gasteiger partial charge < -0.3 is 15.0 Å². The maximum absolute atomic E-state index is 12.5. The Kier molecular flexibility index (Phi) is 5.65. The minimum Gasteiger partial charge on any atom is -0.377 e. The van der Waals surface area contributed by atoms with Crippen LogP contribution in [-0.4, -0.2) is 42.5 Å².